The van der Waals surface area contributed by atoms with Gasteiger partial charge in [0.25, 0.3) is 0 Å². The van der Waals surface area contributed by atoms with Crippen molar-refractivity contribution in [1.29, 1.82) is 0 Å². The molecular formula is C18H24N2O. The summed E-state index contributed by atoms with van der Waals surface area (Å²) in [5, 5.41) is 15.3. The lowest BCUT2D eigenvalue weighted by Gasteiger charge is -2.35. The molecule has 0 radical (unpaired) electrons. The van der Waals surface area contributed by atoms with E-state index in [9.17, 15) is 5.11 Å². The van der Waals surface area contributed by atoms with E-state index in [-0.39, 0.29) is 0 Å². The highest BCUT2D eigenvalue weighted by Crippen LogP contribution is 2.31. The molecule has 3 rings (SSSR count). The standard InChI is InChI=1S/C18H24N2O/c1-14-5-4-9-18(21,11-14)13-19-12-15-8-10-20-17-7-3-2-6-16(15)17/h2-3,6-8,10,14,19,21H,4-5,9,11-13H2,1H3. The lowest BCUT2D eigenvalue weighted by molar-refractivity contribution is -0.0119. The summed E-state index contributed by atoms with van der Waals surface area (Å²) in [6.45, 7) is 3.69. The summed E-state index contributed by atoms with van der Waals surface area (Å²) in [5.74, 6) is 0.632. The predicted octanol–water partition coefficient (Wildman–Crippen LogP) is 3.27. The van der Waals surface area contributed by atoms with Gasteiger partial charge < -0.3 is 10.4 Å². The van der Waals surface area contributed by atoms with Gasteiger partial charge in [0.2, 0.25) is 0 Å². The molecule has 2 unspecified atom stereocenters. The highest BCUT2D eigenvalue weighted by molar-refractivity contribution is 5.81. The fourth-order valence-electron chi connectivity index (χ4n) is 3.53. The Balaban J connectivity index is 1.64. The molecule has 2 atom stereocenters. The number of pyridine rings is 1. The molecule has 0 saturated heterocycles. The van der Waals surface area contributed by atoms with Crippen LogP contribution in [-0.2, 0) is 6.54 Å². The fourth-order valence-corrected chi connectivity index (χ4v) is 3.53. The summed E-state index contributed by atoms with van der Waals surface area (Å²) in [4.78, 5) is 4.39. The Hall–Kier alpha value is -1.45. The van der Waals surface area contributed by atoms with E-state index in [1.54, 1.807) is 0 Å². The highest BCUT2D eigenvalue weighted by Gasteiger charge is 2.31. The third-order valence-electron chi connectivity index (χ3n) is 4.58. The quantitative estimate of drug-likeness (QED) is 0.905. The Morgan fingerprint density at radius 2 is 2.19 bits per heavy atom. The van der Waals surface area contributed by atoms with Gasteiger partial charge in [-0.05, 0) is 36.5 Å². The molecule has 112 valence electrons. The van der Waals surface area contributed by atoms with E-state index in [1.165, 1.54) is 17.4 Å². The maximum absolute atomic E-state index is 10.7. The number of hydrogen-bond acceptors (Lipinski definition) is 3. The Bertz CT molecular complexity index is 608. The number of hydrogen-bond donors (Lipinski definition) is 2. The van der Waals surface area contributed by atoms with Crippen molar-refractivity contribution in [2.24, 2.45) is 5.92 Å². The van der Waals surface area contributed by atoms with Crippen LogP contribution in [0.4, 0.5) is 0 Å². The number of para-hydroxylation sites is 1. The van der Waals surface area contributed by atoms with Crippen LogP contribution in [0, 0.1) is 5.92 Å². The van der Waals surface area contributed by atoms with Crippen LogP contribution in [0.5, 0.6) is 0 Å². The van der Waals surface area contributed by atoms with Gasteiger partial charge in [-0.2, -0.15) is 0 Å². The van der Waals surface area contributed by atoms with E-state index in [4.69, 9.17) is 0 Å². The minimum Gasteiger partial charge on any atom is -0.389 e. The van der Waals surface area contributed by atoms with Crippen molar-refractivity contribution >= 4 is 10.9 Å². The number of aliphatic hydroxyl groups is 1. The average molecular weight is 284 g/mol. The second-order valence-corrected chi connectivity index (χ2v) is 6.52. The summed E-state index contributed by atoms with van der Waals surface area (Å²) in [7, 11) is 0. The zero-order valence-electron chi connectivity index (χ0n) is 12.7. The van der Waals surface area contributed by atoms with Crippen LogP contribution in [0.2, 0.25) is 0 Å². The SMILES string of the molecule is CC1CCCC(O)(CNCc2ccnc3ccccc23)C1. The van der Waals surface area contributed by atoms with E-state index in [2.05, 4.69) is 29.4 Å². The average Bonchev–Trinajstić information content (AvgIpc) is 2.47. The number of fused-ring (bicyclic) bond motifs is 1. The summed E-state index contributed by atoms with van der Waals surface area (Å²) in [6.07, 6.45) is 6.07. The molecule has 21 heavy (non-hydrogen) atoms. The molecule has 1 aliphatic carbocycles. The Morgan fingerprint density at radius 1 is 1.33 bits per heavy atom. The minimum atomic E-state index is -0.527. The molecular weight excluding hydrogens is 260 g/mol. The minimum absolute atomic E-state index is 0.527. The summed E-state index contributed by atoms with van der Waals surface area (Å²) in [5.41, 5.74) is 1.75. The molecule has 1 saturated carbocycles. The number of nitrogens with one attached hydrogen (secondary N) is 1. The van der Waals surface area contributed by atoms with Crippen molar-refractivity contribution in [2.75, 3.05) is 6.54 Å². The third-order valence-corrected chi connectivity index (χ3v) is 4.58. The zero-order chi connectivity index (χ0) is 14.7. The molecule has 3 heteroatoms. The van der Waals surface area contributed by atoms with E-state index >= 15 is 0 Å². The molecule has 0 amide bonds. The van der Waals surface area contributed by atoms with Gasteiger partial charge >= 0.3 is 0 Å². The molecule has 0 spiro atoms. The molecule has 1 fully saturated rings. The van der Waals surface area contributed by atoms with Gasteiger partial charge in [0.1, 0.15) is 0 Å². The molecule has 2 aromatic rings. The molecule has 0 bridgehead atoms. The van der Waals surface area contributed by atoms with Crippen molar-refractivity contribution in [1.82, 2.24) is 10.3 Å². The van der Waals surface area contributed by atoms with Gasteiger partial charge in [0, 0.05) is 24.7 Å². The van der Waals surface area contributed by atoms with Gasteiger partial charge in [-0.15, -0.1) is 0 Å². The van der Waals surface area contributed by atoms with Crippen LogP contribution in [-0.4, -0.2) is 22.2 Å². The van der Waals surface area contributed by atoms with Crippen molar-refractivity contribution in [3.8, 4) is 0 Å². The summed E-state index contributed by atoms with van der Waals surface area (Å²) in [6, 6.07) is 10.3. The van der Waals surface area contributed by atoms with Crippen LogP contribution >= 0.6 is 0 Å². The maximum atomic E-state index is 10.7. The van der Waals surface area contributed by atoms with Crippen LogP contribution in [0.25, 0.3) is 10.9 Å². The maximum Gasteiger partial charge on any atom is 0.0774 e. The van der Waals surface area contributed by atoms with Crippen LogP contribution in [0.1, 0.15) is 38.2 Å². The molecule has 1 aliphatic rings. The smallest absolute Gasteiger partial charge is 0.0774 e. The van der Waals surface area contributed by atoms with Crippen LogP contribution in [0.15, 0.2) is 36.5 Å². The van der Waals surface area contributed by atoms with E-state index in [1.807, 2.05) is 24.4 Å². The number of benzene rings is 1. The van der Waals surface area contributed by atoms with Crippen molar-refractivity contribution < 1.29 is 5.11 Å². The van der Waals surface area contributed by atoms with Crippen molar-refractivity contribution in [2.45, 2.75) is 44.8 Å². The lowest BCUT2D eigenvalue weighted by Crippen LogP contribution is -2.43. The molecule has 1 heterocycles. The Morgan fingerprint density at radius 3 is 3.05 bits per heavy atom. The number of nitrogens with zero attached hydrogens (tertiary/aromatic N) is 1. The zero-order valence-corrected chi connectivity index (χ0v) is 12.7. The van der Waals surface area contributed by atoms with Crippen molar-refractivity contribution in [3.63, 3.8) is 0 Å². The molecule has 1 aromatic heterocycles. The second-order valence-electron chi connectivity index (χ2n) is 6.52. The first-order chi connectivity index (χ1) is 10.2. The van der Waals surface area contributed by atoms with Gasteiger partial charge in [-0.1, -0.05) is 38.0 Å². The molecule has 2 N–H and O–H groups in total. The first kappa shape index (κ1) is 14.5. The largest absolute Gasteiger partial charge is 0.389 e. The summed E-state index contributed by atoms with van der Waals surface area (Å²) >= 11 is 0. The van der Waals surface area contributed by atoms with E-state index in [0.29, 0.717) is 12.5 Å². The number of rotatable bonds is 4. The van der Waals surface area contributed by atoms with Gasteiger partial charge in [-0.25, -0.2) is 0 Å². The third kappa shape index (κ3) is 3.42. The monoisotopic (exact) mass is 284 g/mol. The van der Waals surface area contributed by atoms with Gasteiger partial charge in [-0.3, -0.25) is 4.98 Å². The Labute approximate surface area is 126 Å². The Kier molecular flexibility index (Phi) is 4.22. The topological polar surface area (TPSA) is 45.1 Å². The van der Waals surface area contributed by atoms with Crippen molar-refractivity contribution in [3.05, 3.63) is 42.1 Å². The molecule has 1 aromatic carbocycles. The summed E-state index contributed by atoms with van der Waals surface area (Å²) < 4.78 is 0. The lowest BCUT2D eigenvalue weighted by atomic mass is 9.79. The van der Waals surface area contributed by atoms with Gasteiger partial charge in [0.05, 0.1) is 11.1 Å². The number of aromatic nitrogens is 1. The first-order valence-electron chi connectivity index (χ1n) is 7.92. The highest BCUT2D eigenvalue weighted by atomic mass is 16.3. The van der Waals surface area contributed by atoms with Crippen LogP contribution in [0.3, 0.4) is 0 Å². The molecule has 3 nitrogen and oxygen atoms in total. The van der Waals surface area contributed by atoms with E-state index in [0.717, 1.165) is 31.3 Å². The second kappa shape index (κ2) is 6.12. The fraction of sp³-hybridized carbons (Fsp3) is 0.500. The van der Waals surface area contributed by atoms with Gasteiger partial charge in [0.15, 0.2) is 0 Å². The predicted molar refractivity (Wildman–Crippen MR) is 86.0 cm³/mol. The molecule has 0 aliphatic heterocycles. The van der Waals surface area contributed by atoms with Crippen LogP contribution < -0.4 is 5.32 Å². The normalized spacial score (nSPS) is 26.1. The first-order valence-corrected chi connectivity index (χ1v) is 7.92. The van der Waals surface area contributed by atoms with E-state index < -0.39 is 5.60 Å².